The zero-order valence-corrected chi connectivity index (χ0v) is 11.6. The van der Waals surface area contributed by atoms with E-state index in [1.807, 2.05) is 24.4 Å². The average Bonchev–Trinajstić information content (AvgIpc) is 2.81. The number of carbonyl (C=O) groups excluding carboxylic acids is 1. The van der Waals surface area contributed by atoms with Crippen molar-refractivity contribution >= 4 is 28.8 Å². The van der Waals surface area contributed by atoms with Crippen LogP contribution in [0.5, 0.6) is 0 Å². The van der Waals surface area contributed by atoms with E-state index in [1.165, 1.54) is 10.4 Å². The van der Waals surface area contributed by atoms with Crippen LogP contribution in [0.25, 0.3) is 0 Å². The molecule has 1 amide bonds. The van der Waals surface area contributed by atoms with E-state index in [1.54, 1.807) is 23.5 Å². The van der Waals surface area contributed by atoms with E-state index in [9.17, 15) is 4.79 Å². The van der Waals surface area contributed by atoms with Gasteiger partial charge in [-0.3, -0.25) is 4.79 Å². The maximum Gasteiger partial charge on any atom is 0.251 e. The highest BCUT2D eigenvalue weighted by Gasteiger charge is 2.06. The first kappa shape index (κ1) is 13.1. The average molecular weight is 280 g/mol. The van der Waals surface area contributed by atoms with Gasteiger partial charge in [0.1, 0.15) is 0 Å². The van der Waals surface area contributed by atoms with Gasteiger partial charge >= 0.3 is 0 Å². The van der Waals surface area contributed by atoms with Crippen molar-refractivity contribution in [2.24, 2.45) is 0 Å². The number of alkyl halides is 1. The summed E-state index contributed by atoms with van der Waals surface area (Å²) in [5.74, 6) is 0.417. The van der Waals surface area contributed by atoms with E-state index in [4.69, 9.17) is 11.6 Å². The Morgan fingerprint density at radius 2 is 2.00 bits per heavy atom. The Morgan fingerprint density at radius 1 is 1.28 bits per heavy atom. The molecular weight excluding hydrogens is 266 g/mol. The van der Waals surface area contributed by atoms with E-state index in [2.05, 4.69) is 11.4 Å². The number of halogens is 1. The van der Waals surface area contributed by atoms with Crippen molar-refractivity contribution in [2.75, 3.05) is 0 Å². The fraction of sp³-hybridized carbons (Fsp3) is 0.214. The van der Waals surface area contributed by atoms with Gasteiger partial charge in [0.15, 0.2) is 0 Å². The van der Waals surface area contributed by atoms with E-state index in [0.29, 0.717) is 18.0 Å². The molecule has 1 heterocycles. The van der Waals surface area contributed by atoms with Crippen LogP contribution >= 0.6 is 22.9 Å². The molecule has 1 aromatic carbocycles. The second kappa shape index (κ2) is 6.03. The maximum atomic E-state index is 11.9. The summed E-state index contributed by atoms with van der Waals surface area (Å²) in [4.78, 5) is 13.1. The van der Waals surface area contributed by atoms with Gasteiger partial charge in [0.2, 0.25) is 0 Å². The van der Waals surface area contributed by atoms with Gasteiger partial charge in [-0.15, -0.1) is 22.9 Å². The molecule has 0 aliphatic rings. The summed E-state index contributed by atoms with van der Waals surface area (Å²) >= 11 is 7.37. The summed E-state index contributed by atoms with van der Waals surface area (Å²) in [5.41, 5.74) is 2.90. The largest absolute Gasteiger partial charge is 0.347 e. The van der Waals surface area contributed by atoms with Gasteiger partial charge < -0.3 is 5.32 Å². The van der Waals surface area contributed by atoms with Crippen LogP contribution in [0, 0.1) is 6.92 Å². The van der Waals surface area contributed by atoms with Crippen molar-refractivity contribution in [3.05, 3.63) is 57.3 Å². The molecule has 1 aromatic heterocycles. The normalized spacial score (nSPS) is 10.3. The van der Waals surface area contributed by atoms with Crippen LogP contribution in [-0.2, 0) is 12.4 Å². The number of hydrogen-bond donors (Lipinski definition) is 1. The molecule has 94 valence electrons. The molecule has 2 rings (SSSR count). The summed E-state index contributed by atoms with van der Waals surface area (Å²) in [6.07, 6.45) is 0. The molecule has 2 nitrogen and oxygen atoms in total. The van der Waals surface area contributed by atoms with Gasteiger partial charge in [-0.2, -0.15) is 0 Å². The highest BCUT2D eigenvalue weighted by atomic mass is 35.5. The number of rotatable bonds is 4. The molecule has 0 aliphatic heterocycles. The third-order valence-corrected chi connectivity index (χ3v) is 4.08. The summed E-state index contributed by atoms with van der Waals surface area (Å²) in [6, 6.07) is 9.40. The van der Waals surface area contributed by atoms with E-state index in [0.717, 1.165) is 5.56 Å². The summed E-state index contributed by atoms with van der Waals surface area (Å²) in [7, 11) is 0. The minimum absolute atomic E-state index is 0.0519. The van der Waals surface area contributed by atoms with Crippen molar-refractivity contribution in [3.63, 3.8) is 0 Å². The molecule has 0 spiro atoms. The third-order valence-electron chi connectivity index (χ3n) is 2.75. The Labute approximate surface area is 116 Å². The lowest BCUT2D eigenvalue weighted by atomic mass is 10.1. The van der Waals surface area contributed by atoms with E-state index >= 15 is 0 Å². The number of thiophene rings is 1. The Balaban J connectivity index is 1.97. The van der Waals surface area contributed by atoms with Crippen LogP contribution in [0.2, 0.25) is 0 Å². The second-order valence-corrected chi connectivity index (χ2v) is 5.31. The molecule has 0 saturated carbocycles. The van der Waals surface area contributed by atoms with Gasteiger partial charge in [0.05, 0.1) is 6.54 Å². The molecule has 0 saturated heterocycles. The van der Waals surface area contributed by atoms with E-state index < -0.39 is 0 Å². The van der Waals surface area contributed by atoms with Gasteiger partial charge in [-0.25, -0.2) is 0 Å². The standard InChI is InChI=1S/C14H14ClNOS/c1-10-6-7-18-13(10)9-16-14(17)12-4-2-11(8-15)3-5-12/h2-7H,8-9H2,1H3,(H,16,17). The molecule has 0 bridgehead atoms. The molecule has 0 unspecified atom stereocenters. The first-order valence-corrected chi connectivity index (χ1v) is 7.08. The maximum absolute atomic E-state index is 11.9. The Bertz CT molecular complexity index is 533. The Kier molecular flexibility index (Phi) is 4.39. The number of carbonyl (C=O) groups is 1. The molecule has 0 fully saturated rings. The van der Waals surface area contributed by atoms with Gasteiger partial charge in [-0.1, -0.05) is 12.1 Å². The summed E-state index contributed by atoms with van der Waals surface area (Å²) < 4.78 is 0. The number of benzene rings is 1. The van der Waals surface area contributed by atoms with Crippen LogP contribution in [-0.4, -0.2) is 5.91 Å². The molecule has 0 radical (unpaired) electrons. The minimum atomic E-state index is -0.0519. The molecular formula is C14H14ClNOS. The first-order valence-electron chi connectivity index (χ1n) is 5.67. The predicted molar refractivity (Wildman–Crippen MR) is 76.2 cm³/mol. The third kappa shape index (κ3) is 3.12. The van der Waals surface area contributed by atoms with Crippen LogP contribution in [0.1, 0.15) is 26.4 Å². The predicted octanol–water partition coefficient (Wildman–Crippen LogP) is 3.73. The zero-order valence-electron chi connectivity index (χ0n) is 10.1. The number of aryl methyl sites for hydroxylation is 1. The van der Waals surface area contributed by atoms with Crippen molar-refractivity contribution in [1.82, 2.24) is 5.32 Å². The lowest BCUT2D eigenvalue weighted by molar-refractivity contribution is 0.0951. The highest BCUT2D eigenvalue weighted by Crippen LogP contribution is 2.15. The molecule has 0 atom stereocenters. The fourth-order valence-electron chi connectivity index (χ4n) is 1.59. The zero-order chi connectivity index (χ0) is 13.0. The molecule has 18 heavy (non-hydrogen) atoms. The van der Waals surface area contributed by atoms with Crippen molar-refractivity contribution in [2.45, 2.75) is 19.3 Å². The van der Waals surface area contributed by atoms with Crippen LogP contribution in [0.15, 0.2) is 35.7 Å². The van der Waals surface area contributed by atoms with Crippen molar-refractivity contribution in [3.8, 4) is 0 Å². The smallest absolute Gasteiger partial charge is 0.251 e. The topological polar surface area (TPSA) is 29.1 Å². The summed E-state index contributed by atoms with van der Waals surface area (Å²) in [6.45, 7) is 2.63. The number of nitrogens with one attached hydrogen (secondary N) is 1. The molecule has 1 N–H and O–H groups in total. The SMILES string of the molecule is Cc1ccsc1CNC(=O)c1ccc(CCl)cc1. The Hall–Kier alpha value is -1.32. The van der Waals surface area contributed by atoms with Crippen molar-refractivity contribution in [1.29, 1.82) is 0 Å². The van der Waals surface area contributed by atoms with Gasteiger partial charge in [0, 0.05) is 16.3 Å². The van der Waals surface area contributed by atoms with Crippen LogP contribution in [0.3, 0.4) is 0 Å². The first-order chi connectivity index (χ1) is 8.70. The Morgan fingerprint density at radius 3 is 2.56 bits per heavy atom. The monoisotopic (exact) mass is 279 g/mol. The van der Waals surface area contributed by atoms with Crippen LogP contribution in [0.4, 0.5) is 0 Å². The number of hydrogen-bond acceptors (Lipinski definition) is 2. The summed E-state index contributed by atoms with van der Waals surface area (Å²) in [5, 5.41) is 4.95. The number of amides is 1. The molecule has 4 heteroatoms. The lowest BCUT2D eigenvalue weighted by Crippen LogP contribution is -2.22. The molecule has 2 aromatic rings. The lowest BCUT2D eigenvalue weighted by Gasteiger charge is -2.05. The molecule has 0 aliphatic carbocycles. The highest BCUT2D eigenvalue weighted by molar-refractivity contribution is 7.10. The second-order valence-electron chi connectivity index (χ2n) is 4.04. The van der Waals surface area contributed by atoms with E-state index in [-0.39, 0.29) is 5.91 Å². The van der Waals surface area contributed by atoms with Gasteiger partial charge in [0.25, 0.3) is 5.91 Å². The van der Waals surface area contributed by atoms with Crippen LogP contribution < -0.4 is 5.32 Å². The van der Waals surface area contributed by atoms with Crippen molar-refractivity contribution < 1.29 is 4.79 Å². The fourth-order valence-corrected chi connectivity index (χ4v) is 2.62. The quantitative estimate of drug-likeness (QED) is 0.849. The minimum Gasteiger partial charge on any atom is -0.347 e. The van der Waals surface area contributed by atoms with Gasteiger partial charge in [-0.05, 0) is 41.6 Å².